The maximum absolute atomic E-state index is 13.0. The fourth-order valence-electron chi connectivity index (χ4n) is 2.53. The van der Waals surface area contributed by atoms with Crippen molar-refractivity contribution in [3.05, 3.63) is 83.1 Å². The van der Waals surface area contributed by atoms with Gasteiger partial charge in [-0.1, -0.05) is 23.7 Å². The predicted octanol–water partition coefficient (Wildman–Crippen LogP) is 4.47. The molecule has 0 saturated heterocycles. The van der Waals surface area contributed by atoms with Gasteiger partial charge in [-0.05, 0) is 54.6 Å². The molecule has 0 spiro atoms. The number of carbonyl (C=O) groups is 1. The van der Waals surface area contributed by atoms with Gasteiger partial charge in [0.15, 0.2) is 0 Å². The van der Waals surface area contributed by atoms with Crippen molar-refractivity contribution < 1.29 is 9.18 Å². The van der Waals surface area contributed by atoms with Crippen LogP contribution in [0, 0.1) is 5.82 Å². The minimum absolute atomic E-state index is 0.305. The van der Waals surface area contributed by atoms with Crippen LogP contribution in [-0.2, 0) is 0 Å². The number of halogens is 2. The predicted molar refractivity (Wildman–Crippen MR) is 98.2 cm³/mol. The quantitative estimate of drug-likeness (QED) is 0.582. The van der Waals surface area contributed by atoms with Crippen molar-refractivity contribution in [3.8, 4) is 5.69 Å². The maximum atomic E-state index is 13.0. The molecule has 5 nitrogen and oxygen atoms in total. The Labute approximate surface area is 153 Å². The minimum Gasteiger partial charge on any atom is -0.322 e. The highest BCUT2D eigenvalue weighted by atomic mass is 35.5. The number of rotatable bonds is 3. The number of fused-ring (bicyclic) bond motifs is 1. The summed E-state index contributed by atoms with van der Waals surface area (Å²) in [6.07, 6.45) is 0. The van der Waals surface area contributed by atoms with Crippen molar-refractivity contribution >= 4 is 34.2 Å². The highest BCUT2D eigenvalue weighted by molar-refractivity contribution is 6.34. The summed E-state index contributed by atoms with van der Waals surface area (Å²) in [5, 5.41) is 11.9. The smallest absolute Gasteiger partial charge is 0.257 e. The topological polar surface area (TPSA) is 59.8 Å². The van der Waals surface area contributed by atoms with Crippen LogP contribution in [0.4, 0.5) is 10.1 Å². The van der Waals surface area contributed by atoms with Gasteiger partial charge in [0.2, 0.25) is 0 Å². The molecule has 0 bridgehead atoms. The van der Waals surface area contributed by atoms with Crippen LogP contribution in [0.3, 0.4) is 0 Å². The van der Waals surface area contributed by atoms with Crippen molar-refractivity contribution in [3.63, 3.8) is 0 Å². The minimum atomic E-state index is -0.324. The molecule has 0 radical (unpaired) electrons. The Morgan fingerprint density at radius 3 is 2.46 bits per heavy atom. The third kappa shape index (κ3) is 3.14. The van der Waals surface area contributed by atoms with Crippen molar-refractivity contribution in [1.29, 1.82) is 0 Å². The molecule has 1 amide bonds. The van der Waals surface area contributed by atoms with E-state index >= 15 is 0 Å². The van der Waals surface area contributed by atoms with Gasteiger partial charge < -0.3 is 5.32 Å². The Hall–Kier alpha value is -3.25. The number of amides is 1. The summed E-state index contributed by atoms with van der Waals surface area (Å²) >= 11 is 6.05. The summed E-state index contributed by atoms with van der Waals surface area (Å²) < 4.78 is 13.0. The van der Waals surface area contributed by atoms with Gasteiger partial charge >= 0.3 is 0 Å². The van der Waals surface area contributed by atoms with E-state index in [0.29, 0.717) is 33.0 Å². The van der Waals surface area contributed by atoms with Gasteiger partial charge in [-0.15, -0.1) is 10.2 Å². The van der Waals surface area contributed by atoms with Crippen molar-refractivity contribution in [2.24, 2.45) is 0 Å². The molecule has 0 aliphatic heterocycles. The Morgan fingerprint density at radius 1 is 0.962 bits per heavy atom. The molecule has 26 heavy (non-hydrogen) atoms. The van der Waals surface area contributed by atoms with Crippen molar-refractivity contribution in [2.45, 2.75) is 0 Å². The number of anilines is 1. The van der Waals surface area contributed by atoms with Crippen LogP contribution < -0.4 is 5.32 Å². The van der Waals surface area contributed by atoms with E-state index in [1.165, 1.54) is 16.9 Å². The lowest BCUT2D eigenvalue weighted by molar-refractivity contribution is 0.102. The molecular weight excluding hydrogens is 355 g/mol. The molecule has 0 fully saturated rings. The van der Waals surface area contributed by atoms with Gasteiger partial charge in [0.1, 0.15) is 16.9 Å². The summed E-state index contributed by atoms with van der Waals surface area (Å²) in [6.45, 7) is 0. The van der Waals surface area contributed by atoms with Crippen LogP contribution in [0.1, 0.15) is 10.4 Å². The first-order chi connectivity index (χ1) is 12.6. The van der Waals surface area contributed by atoms with E-state index in [2.05, 4.69) is 15.5 Å². The average molecular weight is 367 g/mol. The molecule has 1 heterocycles. The van der Waals surface area contributed by atoms with Gasteiger partial charge in [0.05, 0.1) is 16.3 Å². The van der Waals surface area contributed by atoms with E-state index in [-0.39, 0.29) is 11.7 Å². The van der Waals surface area contributed by atoms with Gasteiger partial charge in [-0.3, -0.25) is 4.79 Å². The largest absolute Gasteiger partial charge is 0.322 e. The molecule has 4 aromatic rings. The Bertz CT molecular complexity index is 1110. The molecule has 7 heteroatoms. The van der Waals surface area contributed by atoms with Gasteiger partial charge in [-0.25, -0.2) is 4.39 Å². The Morgan fingerprint density at radius 2 is 1.69 bits per heavy atom. The molecule has 3 aromatic carbocycles. The average Bonchev–Trinajstić information content (AvgIpc) is 3.06. The van der Waals surface area contributed by atoms with Crippen LogP contribution in [0.2, 0.25) is 5.02 Å². The third-order valence-corrected chi connectivity index (χ3v) is 4.14. The second kappa shape index (κ2) is 6.57. The second-order valence-electron chi connectivity index (χ2n) is 5.60. The maximum Gasteiger partial charge on any atom is 0.257 e. The zero-order chi connectivity index (χ0) is 18.1. The highest BCUT2D eigenvalue weighted by Crippen LogP contribution is 2.20. The number of hydrogen-bond donors (Lipinski definition) is 1. The molecule has 4 rings (SSSR count). The lowest BCUT2D eigenvalue weighted by Gasteiger charge is -2.06. The van der Waals surface area contributed by atoms with E-state index in [0.717, 1.165) is 0 Å². The molecule has 1 N–H and O–H groups in total. The number of hydrogen-bond acceptors (Lipinski definition) is 3. The number of benzene rings is 3. The van der Waals surface area contributed by atoms with Crippen molar-refractivity contribution in [1.82, 2.24) is 15.0 Å². The fraction of sp³-hybridized carbons (Fsp3) is 0. The second-order valence-corrected chi connectivity index (χ2v) is 6.01. The van der Waals surface area contributed by atoms with E-state index in [1.807, 2.05) is 0 Å². The van der Waals surface area contributed by atoms with Crippen LogP contribution in [0.5, 0.6) is 0 Å². The first kappa shape index (κ1) is 16.2. The monoisotopic (exact) mass is 366 g/mol. The number of aromatic nitrogens is 3. The van der Waals surface area contributed by atoms with Crippen molar-refractivity contribution in [2.75, 3.05) is 5.32 Å². The summed E-state index contributed by atoms with van der Waals surface area (Å²) in [5.41, 5.74) is 2.87. The lowest BCUT2D eigenvalue weighted by atomic mass is 10.2. The number of nitrogens with one attached hydrogen (secondary N) is 1. The molecule has 0 unspecified atom stereocenters. The van der Waals surface area contributed by atoms with Gasteiger partial charge in [-0.2, -0.15) is 4.80 Å². The molecule has 0 atom stereocenters. The summed E-state index contributed by atoms with van der Waals surface area (Å²) in [5.74, 6) is -0.629. The van der Waals surface area contributed by atoms with Crippen LogP contribution in [-0.4, -0.2) is 20.9 Å². The Balaban J connectivity index is 1.62. The van der Waals surface area contributed by atoms with E-state index in [4.69, 9.17) is 11.6 Å². The Kier molecular flexibility index (Phi) is 4.10. The normalized spacial score (nSPS) is 10.8. The number of nitrogens with zero attached hydrogens (tertiary/aromatic N) is 3. The highest BCUT2D eigenvalue weighted by Gasteiger charge is 2.11. The molecule has 0 saturated carbocycles. The van der Waals surface area contributed by atoms with Crippen LogP contribution >= 0.6 is 11.6 Å². The zero-order valence-electron chi connectivity index (χ0n) is 13.4. The van der Waals surface area contributed by atoms with Gasteiger partial charge in [0, 0.05) is 5.69 Å². The van der Waals surface area contributed by atoms with Crippen LogP contribution in [0.15, 0.2) is 66.7 Å². The molecule has 128 valence electrons. The summed E-state index contributed by atoms with van der Waals surface area (Å²) in [7, 11) is 0. The SMILES string of the molecule is O=C(Nc1ccc2nn(-c3ccc(F)cc3)nc2c1)c1ccccc1Cl. The lowest BCUT2D eigenvalue weighted by Crippen LogP contribution is -2.12. The van der Waals surface area contributed by atoms with E-state index < -0.39 is 0 Å². The molecule has 0 aliphatic carbocycles. The third-order valence-electron chi connectivity index (χ3n) is 3.81. The van der Waals surface area contributed by atoms with E-state index in [1.54, 1.807) is 54.6 Å². The van der Waals surface area contributed by atoms with Gasteiger partial charge in [0.25, 0.3) is 5.91 Å². The first-order valence-electron chi connectivity index (χ1n) is 7.79. The summed E-state index contributed by atoms with van der Waals surface area (Å²) in [6, 6.07) is 17.9. The molecule has 0 aliphatic rings. The van der Waals surface area contributed by atoms with E-state index in [9.17, 15) is 9.18 Å². The number of carbonyl (C=O) groups excluding carboxylic acids is 1. The fourth-order valence-corrected chi connectivity index (χ4v) is 2.75. The zero-order valence-corrected chi connectivity index (χ0v) is 14.1. The molecule has 1 aromatic heterocycles. The summed E-state index contributed by atoms with van der Waals surface area (Å²) in [4.78, 5) is 13.8. The standard InChI is InChI=1S/C19H12ClFN4O/c20-16-4-2-1-3-15(16)19(26)22-13-7-10-17-18(11-13)24-25(23-17)14-8-5-12(21)6-9-14/h1-11H,(H,22,26). The first-order valence-corrected chi connectivity index (χ1v) is 8.17. The molecular formula is C19H12ClFN4O. The van der Waals surface area contributed by atoms with Crippen LogP contribution in [0.25, 0.3) is 16.7 Å².